The summed E-state index contributed by atoms with van der Waals surface area (Å²) in [4.78, 5) is 13.6. The van der Waals surface area contributed by atoms with Crippen molar-refractivity contribution in [2.75, 3.05) is 6.61 Å². The highest BCUT2D eigenvalue weighted by Crippen LogP contribution is 2.14. The van der Waals surface area contributed by atoms with Gasteiger partial charge in [0.05, 0.1) is 11.4 Å². The number of urea groups is 1. The van der Waals surface area contributed by atoms with Crippen LogP contribution in [0, 0.1) is 11.8 Å². The third-order valence-corrected chi connectivity index (χ3v) is 3.67. The summed E-state index contributed by atoms with van der Waals surface area (Å²) in [5.41, 5.74) is 1.06. The van der Waals surface area contributed by atoms with Crippen LogP contribution in [-0.4, -0.2) is 17.7 Å². The molecule has 0 saturated heterocycles. The van der Waals surface area contributed by atoms with E-state index in [9.17, 15) is 4.79 Å². The highest BCUT2D eigenvalue weighted by Gasteiger charge is 2.02. The van der Waals surface area contributed by atoms with Gasteiger partial charge < -0.3 is 15.7 Å². The van der Waals surface area contributed by atoms with E-state index in [1.165, 1.54) is 11.3 Å². The maximum atomic E-state index is 11.7. The molecule has 5 heteroatoms. The van der Waals surface area contributed by atoms with Gasteiger partial charge in [0, 0.05) is 11.4 Å². The monoisotopic (exact) mass is 300 g/mol. The normalized spacial score (nSPS) is 9.57. The Kier molecular flexibility index (Phi) is 5.83. The van der Waals surface area contributed by atoms with Crippen LogP contribution in [-0.2, 0) is 13.1 Å². The van der Waals surface area contributed by atoms with Crippen molar-refractivity contribution in [3.05, 3.63) is 57.8 Å². The van der Waals surface area contributed by atoms with Crippen molar-refractivity contribution < 1.29 is 9.90 Å². The first-order valence-corrected chi connectivity index (χ1v) is 7.33. The Hall–Kier alpha value is -2.29. The van der Waals surface area contributed by atoms with Gasteiger partial charge >= 0.3 is 6.03 Å². The minimum absolute atomic E-state index is 0.145. The van der Waals surface area contributed by atoms with Crippen LogP contribution in [0.1, 0.15) is 15.3 Å². The average Bonchev–Trinajstić information content (AvgIpc) is 2.98. The van der Waals surface area contributed by atoms with Crippen LogP contribution in [0.2, 0.25) is 0 Å². The lowest BCUT2D eigenvalue weighted by molar-refractivity contribution is 0.240. The molecular weight excluding hydrogens is 284 g/mol. The molecule has 0 bridgehead atoms. The first-order valence-electron chi connectivity index (χ1n) is 6.52. The van der Waals surface area contributed by atoms with E-state index in [4.69, 9.17) is 5.11 Å². The van der Waals surface area contributed by atoms with Crippen molar-refractivity contribution in [1.29, 1.82) is 0 Å². The second-order valence-corrected chi connectivity index (χ2v) is 5.42. The van der Waals surface area contributed by atoms with Crippen LogP contribution in [0.25, 0.3) is 0 Å². The van der Waals surface area contributed by atoms with Crippen LogP contribution in [0.5, 0.6) is 0 Å². The Morgan fingerprint density at radius 1 is 1.10 bits per heavy atom. The van der Waals surface area contributed by atoms with E-state index in [1.54, 1.807) is 0 Å². The molecule has 0 aliphatic rings. The summed E-state index contributed by atoms with van der Waals surface area (Å²) in [6, 6.07) is 13.4. The number of carbonyl (C=O) groups excluding carboxylic acids is 1. The molecular formula is C16H16N2O2S. The zero-order valence-corrected chi connectivity index (χ0v) is 12.2. The minimum atomic E-state index is -0.199. The third kappa shape index (κ3) is 5.30. The predicted molar refractivity (Wildman–Crippen MR) is 83.8 cm³/mol. The molecule has 4 nitrogen and oxygen atoms in total. The summed E-state index contributed by atoms with van der Waals surface area (Å²) >= 11 is 1.50. The number of hydrogen-bond donors (Lipinski definition) is 3. The highest BCUT2D eigenvalue weighted by molar-refractivity contribution is 7.12. The lowest BCUT2D eigenvalue weighted by Gasteiger charge is -2.06. The van der Waals surface area contributed by atoms with E-state index < -0.39 is 0 Å². The zero-order valence-electron chi connectivity index (χ0n) is 11.4. The molecule has 1 heterocycles. The largest absolute Gasteiger partial charge is 0.384 e. The van der Waals surface area contributed by atoms with Crippen molar-refractivity contribution in [3.63, 3.8) is 0 Å². The van der Waals surface area contributed by atoms with E-state index in [0.29, 0.717) is 13.1 Å². The third-order valence-electron chi connectivity index (χ3n) is 2.67. The summed E-state index contributed by atoms with van der Waals surface area (Å²) < 4.78 is 0. The molecule has 2 rings (SSSR count). The Labute approximate surface area is 127 Å². The van der Waals surface area contributed by atoms with Crippen LogP contribution in [0.15, 0.2) is 42.5 Å². The van der Waals surface area contributed by atoms with Crippen molar-refractivity contribution >= 4 is 17.4 Å². The molecule has 2 aromatic rings. The smallest absolute Gasteiger partial charge is 0.315 e. The van der Waals surface area contributed by atoms with Gasteiger partial charge in [0.25, 0.3) is 0 Å². The van der Waals surface area contributed by atoms with Crippen LogP contribution < -0.4 is 10.6 Å². The van der Waals surface area contributed by atoms with Gasteiger partial charge in [-0.1, -0.05) is 42.2 Å². The van der Waals surface area contributed by atoms with Crippen LogP contribution >= 0.6 is 11.3 Å². The summed E-state index contributed by atoms with van der Waals surface area (Å²) in [5, 5.41) is 14.2. The van der Waals surface area contributed by atoms with Crippen LogP contribution in [0.4, 0.5) is 4.79 Å². The molecule has 2 amide bonds. The minimum Gasteiger partial charge on any atom is -0.384 e. The second-order valence-electron chi connectivity index (χ2n) is 4.25. The summed E-state index contributed by atoms with van der Waals surface area (Å²) in [7, 11) is 0. The fourth-order valence-electron chi connectivity index (χ4n) is 1.67. The molecule has 0 aliphatic carbocycles. The van der Waals surface area contributed by atoms with Gasteiger partial charge in [-0.3, -0.25) is 0 Å². The fourth-order valence-corrected chi connectivity index (χ4v) is 2.50. The first kappa shape index (κ1) is 15.1. The van der Waals surface area contributed by atoms with Gasteiger partial charge in [-0.2, -0.15) is 0 Å². The molecule has 108 valence electrons. The van der Waals surface area contributed by atoms with Crippen LogP contribution in [0.3, 0.4) is 0 Å². The van der Waals surface area contributed by atoms with E-state index >= 15 is 0 Å². The SMILES string of the molecule is O=C(NCc1ccccc1)NCc1ccc(C#CCO)s1. The van der Waals surface area contributed by atoms with Crippen molar-refractivity contribution in [2.45, 2.75) is 13.1 Å². The Bertz CT molecular complexity index is 641. The molecule has 0 radical (unpaired) electrons. The van der Waals surface area contributed by atoms with Crippen molar-refractivity contribution in [3.8, 4) is 11.8 Å². The van der Waals surface area contributed by atoms with Gasteiger partial charge in [-0.05, 0) is 17.7 Å². The molecule has 0 saturated carbocycles. The summed E-state index contributed by atoms with van der Waals surface area (Å²) in [5.74, 6) is 5.44. The number of aliphatic hydroxyl groups excluding tert-OH is 1. The summed E-state index contributed by atoms with van der Waals surface area (Å²) in [6.07, 6.45) is 0. The number of thiophene rings is 1. The van der Waals surface area contributed by atoms with Gasteiger partial charge in [-0.15, -0.1) is 11.3 Å². The predicted octanol–water partition coefficient (Wildman–Crippen LogP) is 2.09. The lowest BCUT2D eigenvalue weighted by atomic mass is 10.2. The van der Waals surface area contributed by atoms with E-state index in [2.05, 4.69) is 22.5 Å². The van der Waals surface area contributed by atoms with Crippen molar-refractivity contribution in [1.82, 2.24) is 10.6 Å². The fraction of sp³-hybridized carbons (Fsp3) is 0.188. The number of rotatable bonds is 4. The molecule has 0 fully saturated rings. The van der Waals surface area contributed by atoms with Gasteiger partial charge in [0.15, 0.2) is 0 Å². The Balaban J connectivity index is 1.75. The molecule has 21 heavy (non-hydrogen) atoms. The standard InChI is InChI=1S/C16H16N2O2S/c19-10-4-7-14-8-9-15(21-14)12-18-16(20)17-11-13-5-2-1-3-6-13/h1-3,5-6,8-9,19H,10-12H2,(H2,17,18,20). The number of benzene rings is 1. The number of nitrogens with one attached hydrogen (secondary N) is 2. The average molecular weight is 300 g/mol. The van der Waals surface area contributed by atoms with E-state index in [-0.39, 0.29) is 12.6 Å². The zero-order chi connectivity index (χ0) is 14.9. The number of hydrogen-bond acceptors (Lipinski definition) is 3. The first-order chi connectivity index (χ1) is 10.3. The number of aliphatic hydroxyl groups is 1. The number of carbonyl (C=O) groups is 1. The lowest BCUT2D eigenvalue weighted by Crippen LogP contribution is -2.34. The maximum absolute atomic E-state index is 11.7. The molecule has 0 spiro atoms. The van der Waals surface area contributed by atoms with Gasteiger partial charge in [-0.25, -0.2) is 4.79 Å². The van der Waals surface area contributed by atoms with E-state index in [1.807, 2.05) is 42.5 Å². The Morgan fingerprint density at radius 2 is 1.86 bits per heavy atom. The quantitative estimate of drug-likeness (QED) is 0.757. The van der Waals surface area contributed by atoms with Gasteiger partial charge in [0.1, 0.15) is 6.61 Å². The maximum Gasteiger partial charge on any atom is 0.315 e. The molecule has 0 unspecified atom stereocenters. The second kappa shape index (κ2) is 8.10. The highest BCUT2D eigenvalue weighted by atomic mass is 32.1. The van der Waals surface area contributed by atoms with E-state index in [0.717, 1.165) is 15.3 Å². The number of amides is 2. The van der Waals surface area contributed by atoms with Crippen molar-refractivity contribution in [2.24, 2.45) is 0 Å². The van der Waals surface area contributed by atoms with Gasteiger partial charge in [0.2, 0.25) is 0 Å². The summed E-state index contributed by atoms with van der Waals surface area (Å²) in [6.45, 7) is 0.823. The molecule has 1 aromatic heterocycles. The molecule has 0 atom stereocenters. The Morgan fingerprint density at radius 3 is 2.62 bits per heavy atom. The molecule has 1 aromatic carbocycles. The topological polar surface area (TPSA) is 61.4 Å². The molecule has 0 aliphatic heterocycles. The molecule has 3 N–H and O–H groups in total.